The van der Waals surface area contributed by atoms with Crippen LogP contribution in [0, 0.1) is 19.5 Å². The normalized spacial score (nSPS) is 9.14. The van der Waals surface area contributed by atoms with E-state index in [1.807, 2.05) is 6.92 Å². The number of carbonyl (C=O) groups is 1. The van der Waals surface area contributed by atoms with Gasteiger partial charge in [-0.25, -0.2) is 4.79 Å². The number of carbonyl (C=O) groups excluding carboxylic acids is 1. The smallest absolute Gasteiger partial charge is 0.339 e. The SMILES string of the molecule is C#COC(=O)Cn1cc(C)ccc1=O.[HH]. The molecule has 0 saturated carbocycles. The first-order valence-corrected chi connectivity index (χ1v) is 3.96. The molecule has 0 aromatic carbocycles. The summed E-state index contributed by atoms with van der Waals surface area (Å²) >= 11 is 0. The Morgan fingerprint density at radius 3 is 3.07 bits per heavy atom. The maximum atomic E-state index is 11.2. The first kappa shape index (κ1) is 10.1. The van der Waals surface area contributed by atoms with Crippen LogP contribution in [0.5, 0.6) is 0 Å². The summed E-state index contributed by atoms with van der Waals surface area (Å²) in [6, 6.07) is 3.06. The zero-order valence-electron chi connectivity index (χ0n) is 7.69. The molecule has 4 heteroatoms. The van der Waals surface area contributed by atoms with E-state index < -0.39 is 5.97 Å². The molecule has 0 aliphatic heterocycles. The molecule has 1 aromatic heterocycles. The quantitative estimate of drug-likeness (QED) is 0.508. The lowest BCUT2D eigenvalue weighted by Gasteiger charge is -2.03. The number of hydrogen-bond donors (Lipinski definition) is 0. The van der Waals surface area contributed by atoms with Gasteiger partial charge in [0.05, 0.1) is 0 Å². The largest absolute Gasteiger partial charge is 0.371 e. The van der Waals surface area contributed by atoms with Crippen molar-refractivity contribution < 1.29 is 11.0 Å². The van der Waals surface area contributed by atoms with Crippen LogP contribution in [0.4, 0.5) is 0 Å². The van der Waals surface area contributed by atoms with Crippen molar-refractivity contribution in [3.05, 3.63) is 34.2 Å². The van der Waals surface area contributed by atoms with Crippen LogP contribution in [-0.2, 0) is 16.1 Å². The van der Waals surface area contributed by atoms with Crippen LogP contribution in [0.1, 0.15) is 6.99 Å². The molecule has 0 aliphatic carbocycles. The second-order valence-electron chi connectivity index (χ2n) is 2.76. The van der Waals surface area contributed by atoms with Gasteiger partial charge in [-0.3, -0.25) is 4.79 Å². The Balaban J connectivity index is 0.00000196. The Morgan fingerprint density at radius 2 is 2.43 bits per heavy atom. The van der Waals surface area contributed by atoms with Crippen molar-refractivity contribution in [2.75, 3.05) is 0 Å². The fraction of sp³-hybridized carbons (Fsp3) is 0.200. The Labute approximate surface area is 82.6 Å². The fourth-order valence-corrected chi connectivity index (χ4v) is 1.01. The summed E-state index contributed by atoms with van der Waals surface area (Å²) in [5, 5.41) is 0. The van der Waals surface area contributed by atoms with Gasteiger partial charge < -0.3 is 9.30 Å². The third-order valence-corrected chi connectivity index (χ3v) is 1.60. The Kier molecular flexibility index (Phi) is 3.08. The molecule has 4 nitrogen and oxygen atoms in total. The molecule has 14 heavy (non-hydrogen) atoms. The van der Waals surface area contributed by atoms with Gasteiger partial charge >= 0.3 is 5.97 Å². The highest BCUT2D eigenvalue weighted by Gasteiger charge is 2.04. The predicted octanol–water partition coefficient (Wildman–Crippen LogP) is 0.537. The van der Waals surface area contributed by atoms with Gasteiger partial charge in [0.25, 0.3) is 5.56 Å². The molecule has 0 bridgehead atoms. The number of esters is 1. The van der Waals surface area contributed by atoms with Gasteiger partial charge in [-0.15, -0.1) is 0 Å². The first-order valence-electron chi connectivity index (χ1n) is 3.96. The minimum atomic E-state index is -0.625. The number of aromatic nitrogens is 1. The lowest BCUT2D eigenvalue weighted by molar-refractivity contribution is -0.137. The van der Waals surface area contributed by atoms with Gasteiger partial charge in [-0.05, 0) is 12.5 Å². The zero-order chi connectivity index (χ0) is 10.6. The molecule has 1 aromatic rings. The van der Waals surface area contributed by atoms with Gasteiger partial charge in [0.15, 0.2) is 0 Å². The van der Waals surface area contributed by atoms with Crippen LogP contribution in [0.25, 0.3) is 0 Å². The van der Waals surface area contributed by atoms with E-state index in [0.717, 1.165) is 5.56 Å². The molecule has 1 heterocycles. The summed E-state index contributed by atoms with van der Waals surface area (Å²) in [7, 11) is 0. The molecule has 0 atom stereocenters. The van der Waals surface area contributed by atoms with Crippen LogP contribution in [0.15, 0.2) is 23.1 Å². The maximum Gasteiger partial charge on any atom is 0.339 e. The molecular weight excluding hydrogens is 182 g/mol. The zero-order valence-corrected chi connectivity index (χ0v) is 7.69. The van der Waals surface area contributed by atoms with Gasteiger partial charge in [0.1, 0.15) is 12.7 Å². The van der Waals surface area contributed by atoms with Crippen LogP contribution < -0.4 is 5.56 Å². The van der Waals surface area contributed by atoms with Crippen molar-refractivity contribution in [2.45, 2.75) is 13.5 Å². The van der Waals surface area contributed by atoms with Gasteiger partial charge in [-0.2, -0.15) is 0 Å². The van der Waals surface area contributed by atoms with Crippen LogP contribution in [-0.4, -0.2) is 10.5 Å². The van der Waals surface area contributed by atoms with Crippen molar-refractivity contribution in [3.8, 4) is 12.5 Å². The second kappa shape index (κ2) is 4.28. The number of ether oxygens (including phenoxy) is 1. The summed E-state index contributed by atoms with van der Waals surface area (Å²) in [6.45, 7) is 1.66. The lowest BCUT2D eigenvalue weighted by atomic mass is 10.3. The predicted molar refractivity (Wildman–Crippen MR) is 52.5 cm³/mol. The monoisotopic (exact) mass is 193 g/mol. The molecule has 0 amide bonds. The number of terminal acetylenes is 1. The van der Waals surface area contributed by atoms with Gasteiger partial charge in [0, 0.05) is 13.7 Å². The minimum Gasteiger partial charge on any atom is -0.371 e. The Hall–Kier alpha value is -2.02. The molecule has 0 saturated heterocycles. The molecule has 0 N–H and O–H groups in total. The third kappa shape index (κ3) is 2.49. The van der Waals surface area contributed by atoms with Gasteiger partial charge in [0.2, 0.25) is 0 Å². The number of hydrogen-bond acceptors (Lipinski definition) is 3. The minimum absolute atomic E-state index is 0. The first-order chi connectivity index (χ1) is 6.63. The fourth-order valence-electron chi connectivity index (χ4n) is 1.01. The van der Waals surface area contributed by atoms with Crippen LogP contribution >= 0.6 is 0 Å². The molecule has 0 unspecified atom stereocenters. The van der Waals surface area contributed by atoms with Crippen molar-refractivity contribution in [1.29, 1.82) is 0 Å². The summed E-state index contributed by atoms with van der Waals surface area (Å²) in [5.74, 6) is -0.625. The topological polar surface area (TPSA) is 48.3 Å². The molecule has 1 rings (SSSR count). The second-order valence-corrected chi connectivity index (χ2v) is 2.76. The Bertz CT molecular complexity index is 445. The number of pyridine rings is 1. The molecular formula is C10H11NO3. The lowest BCUT2D eigenvalue weighted by Crippen LogP contribution is -2.23. The van der Waals surface area contributed by atoms with Crippen molar-refractivity contribution in [1.82, 2.24) is 4.57 Å². The number of aryl methyl sites for hydroxylation is 1. The summed E-state index contributed by atoms with van der Waals surface area (Å²) in [6.07, 6.45) is 8.10. The van der Waals surface area contributed by atoms with E-state index in [0.29, 0.717) is 0 Å². The highest BCUT2D eigenvalue weighted by atomic mass is 16.5. The van der Waals surface area contributed by atoms with E-state index in [9.17, 15) is 9.59 Å². The van der Waals surface area contributed by atoms with Crippen molar-refractivity contribution in [3.63, 3.8) is 0 Å². The molecule has 0 radical (unpaired) electrons. The van der Waals surface area contributed by atoms with Gasteiger partial charge in [-0.1, -0.05) is 12.5 Å². The van der Waals surface area contributed by atoms with Crippen LogP contribution in [0.2, 0.25) is 0 Å². The molecule has 74 valence electrons. The van der Waals surface area contributed by atoms with E-state index >= 15 is 0 Å². The molecule has 0 fully saturated rings. The van der Waals surface area contributed by atoms with Crippen molar-refractivity contribution in [2.24, 2.45) is 0 Å². The summed E-state index contributed by atoms with van der Waals surface area (Å²) < 4.78 is 5.51. The van der Waals surface area contributed by atoms with E-state index in [4.69, 9.17) is 6.42 Å². The summed E-state index contributed by atoms with van der Waals surface area (Å²) in [4.78, 5) is 22.2. The average Bonchev–Trinajstić information content (AvgIpc) is 2.12. The van der Waals surface area contributed by atoms with Crippen molar-refractivity contribution >= 4 is 5.97 Å². The van der Waals surface area contributed by atoms with E-state index in [1.54, 1.807) is 18.4 Å². The third-order valence-electron chi connectivity index (χ3n) is 1.60. The molecule has 0 spiro atoms. The van der Waals surface area contributed by atoms with E-state index in [-0.39, 0.29) is 13.5 Å². The standard InChI is InChI=1S/C10H9NO3.H2/c1-3-14-10(13)7-11-6-8(2)4-5-9(11)12;/h1,4-6H,7H2,2H3;1H. The highest BCUT2D eigenvalue weighted by Crippen LogP contribution is 1.92. The van der Waals surface area contributed by atoms with E-state index in [2.05, 4.69) is 4.74 Å². The van der Waals surface area contributed by atoms with Crippen LogP contribution in [0.3, 0.4) is 0 Å². The maximum absolute atomic E-state index is 11.2. The summed E-state index contributed by atoms with van der Waals surface area (Å²) in [5.41, 5.74) is 0.627. The van der Waals surface area contributed by atoms with E-state index in [1.165, 1.54) is 10.6 Å². The average molecular weight is 193 g/mol. The highest BCUT2D eigenvalue weighted by molar-refractivity contribution is 5.70. The number of nitrogens with zero attached hydrogens (tertiary/aromatic N) is 1. The number of rotatable bonds is 2. The molecule has 0 aliphatic rings. The Morgan fingerprint density at radius 1 is 1.71 bits per heavy atom.